The lowest BCUT2D eigenvalue weighted by Crippen LogP contribution is -2.38. The van der Waals surface area contributed by atoms with Crippen LogP contribution in [0, 0.1) is 6.92 Å². The Bertz CT molecular complexity index is 860. The minimum Gasteiger partial charge on any atom is -0.492 e. The van der Waals surface area contributed by atoms with Crippen molar-refractivity contribution >= 4 is 6.03 Å². The average Bonchev–Trinajstić information content (AvgIpc) is 3.14. The van der Waals surface area contributed by atoms with Gasteiger partial charge in [0.05, 0.1) is 6.54 Å². The molecule has 0 radical (unpaired) electrons. The highest BCUT2D eigenvalue weighted by Gasteiger charge is 2.05. The highest BCUT2D eigenvalue weighted by molar-refractivity contribution is 5.73. The van der Waals surface area contributed by atoms with Crippen molar-refractivity contribution in [1.29, 1.82) is 0 Å². The van der Waals surface area contributed by atoms with Gasteiger partial charge in [-0.1, -0.05) is 48.0 Å². The molecule has 0 spiro atoms. The second-order valence-corrected chi connectivity index (χ2v) is 6.55. The van der Waals surface area contributed by atoms with Gasteiger partial charge < -0.3 is 19.9 Å². The van der Waals surface area contributed by atoms with E-state index in [-0.39, 0.29) is 6.03 Å². The maximum absolute atomic E-state index is 11.9. The first-order valence-corrected chi connectivity index (χ1v) is 9.46. The largest absolute Gasteiger partial charge is 0.492 e. The molecule has 146 valence electrons. The van der Waals surface area contributed by atoms with Crippen LogP contribution in [0.25, 0.3) is 0 Å². The van der Waals surface area contributed by atoms with E-state index < -0.39 is 0 Å². The summed E-state index contributed by atoms with van der Waals surface area (Å²) in [5.74, 6) is 1.75. The van der Waals surface area contributed by atoms with Crippen LogP contribution in [-0.4, -0.2) is 35.3 Å². The van der Waals surface area contributed by atoms with E-state index in [9.17, 15) is 4.79 Å². The Balaban J connectivity index is 1.33. The first kappa shape index (κ1) is 19.5. The van der Waals surface area contributed by atoms with Crippen molar-refractivity contribution < 1.29 is 9.53 Å². The number of nitrogens with zero attached hydrogens (tertiary/aromatic N) is 2. The Morgan fingerprint density at radius 1 is 1.04 bits per heavy atom. The first-order chi connectivity index (χ1) is 13.7. The maximum atomic E-state index is 11.9. The van der Waals surface area contributed by atoms with Crippen molar-refractivity contribution in [3.05, 3.63) is 83.9 Å². The van der Waals surface area contributed by atoms with Gasteiger partial charge in [-0.25, -0.2) is 9.78 Å². The predicted octanol–water partition coefficient (Wildman–Crippen LogP) is 3.16. The number of ether oxygens (including phenoxy) is 1. The molecule has 6 nitrogen and oxygen atoms in total. The molecule has 1 heterocycles. The fourth-order valence-corrected chi connectivity index (χ4v) is 2.81. The molecule has 0 saturated heterocycles. The molecule has 6 heteroatoms. The molecule has 0 fully saturated rings. The molecule has 0 aliphatic carbocycles. The lowest BCUT2D eigenvalue weighted by atomic mass is 10.2. The molecule has 1 aromatic heterocycles. The molecule has 3 rings (SSSR count). The Morgan fingerprint density at radius 3 is 2.57 bits per heavy atom. The summed E-state index contributed by atoms with van der Waals surface area (Å²) in [7, 11) is 0. The highest BCUT2D eigenvalue weighted by atomic mass is 16.5. The Hall–Kier alpha value is -3.28. The van der Waals surface area contributed by atoms with Gasteiger partial charge in [0.15, 0.2) is 0 Å². The number of rotatable bonds is 9. The normalized spacial score (nSPS) is 10.5. The number of imidazole rings is 1. The number of aromatic nitrogens is 2. The Labute approximate surface area is 165 Å². The monoisotopic (exact) mass is 378 g/mol. The average molecular weight is 378 g/mol. The van der Waals surface area contributed by atoms with Gasteiger partial charge in [0, 0.05) is 31.9 Å². The van der Waals surface area contributed by atoms with Gasteiger partial charge in [0.25, 0.3) is 0 Å². The molecule has 28 heavy (non-hydrogen) atoms. The third-order valence-corrected chi connectivity index (χ3v) is 4.31. The lowest BCUT2D eigenvalue weighted by Gasteiger charge is -2.10. The molecule has 0 aliphatic heterocycles. The van der Waals surface area contributed by atoms with Crippen LogP contribution in [-0.2, 0) is 13.0 Å². The van der Waals surface area contributed by atoms with E-state index in [0.29, 0.717) is 26.1 Å². The number of carbonyl (C=O) groups is 1. The van der Waals surface area contributed by atoms with Crippen molar-refractivity contribution in [2.24, 2.45) is 0 Å². The lowest BCUT2D eigenvalue weighted by molar-refractivity contribution is 0.236. The molecular formula is C22H26N4O2. The van der Waals surface area contributed by atoms with Gasteiger partial charge in [0.2, 0.25) is 0 Å². The van der Waals surface area contributed by atoms with Crippen LogP contribution < -0.4 is 15.4 Å². The third kappa shape index (κ3) is 6.16. The van der Waals surface area contributed by atoms with E-state index in [4.69, 9.17) is 4.74 Å². The molecule has 2 N–H and O–H groups in total. The quantitative estimate of drug-likeness (QED) is 0.562. The Morgan fingerprint density at radius 2 is 1.79 bits per heavy atom. The number of carbonyl (C=O) groups excluding carboxylic acids is 1. The van der Waals surface area contributed by atoms with Gasteiger partial charge in [-0.05, 0) is 24.6 Å². The highest BCUT2D eigenvalue weighted by Crippen LogP contribution is 2.10. The number of aryl methyl sites for hydroxylation is 1. The third-order valence-electron chi connectivity index (χ3n) is 4.31. The topological polar surface area (TPSA) is 68.2 Å². The van der Waals surface area contributed by atoms with Crippen molar-refractivity contribution in [1.82, 2.24) is 20.2 Å². The zero-order valence-electron chi connectivity index (χ0n) is 16.1. The van der Waals surface area contributed by atoms with Crippen LogP contribution in [0.2, 0.25) is 0 Å². The zero-order chi connectivity index (χ0) is 19.6. The van der Waals surface area contributed by atoms with Crippen molar-refractivity contribution in [2.75, 3.05) is 19.7 Å². The molecule has 0 unspecified atom stereocenters. The SMILES string of the molecule is Cc1ccc(OCCNC(=O)NCCc2nccn2Cc2ccccc2)cc1. The summed E-state index contributed by atoms with van der Waals surface area (Å²) >= 11 is 0. The maximum Gasteiger partial charge on any atom is 0.314 e. The molecule has 0 bridgehead atoms. The standard InChI is InChI=1S/C22H26N4O2/c1-18-7-9-20(10-8-18)28-16-14-25-22(27)24-12-11-21-23-13-15-26(21)17-19-5-3-2-4-6-19/h2-10,13,15H,11-12,14,16-17H2,1H3,(H2,24,25,27). The van der Waals surface area contributed by atoms with E-state index in [1.807, 2.05) is 55.6 Å². The smallest absolute Gasteiger partial charge is 0.314 e. The minimum atomic E-state index is -0.200. The van der Waals surface area contributed by atoms with Crippen LogP contribution in [0.5, 0.6) is 5.75 Å². The van der Waals surface area contributed by atoms with Crippen LogP contribution in [0.1, 0.15) is 17.0 Å². The number of benzene rings is 2. The summed E-state index contributed by atoms with van der Waals surface area (Å²) in [5.41, 5.74) is 2.41. The van der Waals surface area contributed by atoms with E-state index in [0.717, 1.165) is 18.1 Å². The second kappa shape index (κ2) is 10.2. The molecule has 2 amide bonds. The van der Waals surface area contributed by atoms with Crippen LogP contribution in [0.15, 0.2) is 67.0 Å². The summed E-state index contributed by atoms with van der Waals surface area (Å²) in [6, 6.07) is 17.9. The number of hydrogen-bond acceptors (Lipinski definition) is 3. The summed E-state index contributed by atoms with van der Waals surface area (Å²) < 4.78 is 7.69. The number of amides is 2. The van der Waals surface area contributed by atoms with Gasteiger partial charge in [-0.2, -0.15) is 0 Å². The van der Waals surface area contributed by atoms with Gasteiger partial charge in [-0.3, -0.25) is 0 Å². The fraction of sp³-hybridized carbons (Fsp3) is 0.273. The Kier molecular flexibility index (Phi) is 7.07. The summed E-state index contributed by atoms with van der Waals surface area (Å²) in [6.45, 7) is 4.21. The van der Waals surface area contributed by atoms with E-state index in [1.165, 1.54) is 11.1 Å². The summed E-state index contributed by atoms with van der Waals surface area (Å²) in [4.78, 5) is 16.3. The molecular weight excluding hydrogens is 352 g/mol. The molecule has 0 aliphatic rings. The van der Waals surface area contributed by atoms with E-state index >= 15 is 0 Å². The number of nitrogens with one attached hydrogen (secondary N) is 2. The van der Waals surface area contributed by atoms with E-state index in [2.05, 4.69) is 32.3 Å². The zero-order valence-corrected chi connectivity index (χ0v) is 16.1. The molecule has 3 aromatic rings. The summed E-state index contributed by atoms with van der Waals surface area (Å²) in [5, 5.41) is 5.66. The fourth-order valence-electron chi connectivity index (χ4n) is 2.81. The van der Waals surface area contributed by atoms with Crippen molar-refractivity contribution in [3.8, 4) is 5.75 Å². The number of urea groups is 1. The minimum absolute atomic E-state index is 0.200. The van der Waals surface area contributed by atoms with Crippen LogP contribution >= 0.6 is 0 Å². The number of hydrogen-bond donors (Lipinski definition) is 2. The van der Waals surface area contributed by atoms with Crippen LogP contribution in [0.4, 0.5) is 4.79 Å². The first-order valence-electron chi connectivity index (χ1n) is 9.46. The van der Waals surface area contributed by atoms with Gasteiger partial charge >= 0.3 is 6.03 Å². The van der Waals surface area contributed by atoms with E-state index in [1.54, 1.807) is 6.20 Å². The van der Waals surface area contributed by atoms with Gasteiger partial charge in [0.1, 0.15) is 18.2 Å². The molecule has 2 aromatic carbocycles. The van der Waals surface area contributed by atoms with Gasteiger partial charge in [-0.15, -0.1) is 0 Å². The van der Waals surface area contributed by atoms with Crippen molar-refractivity contribution in [2.45, 2.75) is 19.9 Å². The molecule has 0 atom stereocenters. The second-order valence-electron chi connectivity index (χ2n) is 6.55. The summed E-state index contributed by atoms with van der Waals surface area (Å²) in [6.07, 6.45) is 4.43. The van der Waals surface area contributed by atoms with Crippen LogP contribution in [0.3, 0.4) is 0 Å². The molecule has 0 saturated carbocycles. The predicted molar refractivity (Wildman–Crippen MR) is 110 cm³/mol. The van der Waals surface area contributed by atoms with Crippen molar-refractivity contribution in [3.63, 3.8) is 0 Å².